The van der Waals surface area contributed by atoms with Crippen LogP contribution in [0.1, 0.15) is 24.9 Å². The first-order valence-electron chi connectivity index (χ1n) is 5.01. The van der Waals surface area contributed by atoms with Gasteiger partial charge in [0.1, 0.15) is 6.04 Å². The van der Waals surface area contributed by atoms with Crippen LogP contribution in [0, 0.1) is 0 Å². The van der Waals surface area contributed by atoms with Crippen LogP contribution < -0.4 is 10.6 Å². The molecule has 1 unspecified atom stereocenters. The molecule has 2 rings (SSSR count). The van der Waals surface area contributed by atoms with E-state index >= 15 is 0 Å². The number of carbonyl (C=O) groups is 1. The largest absolute Gasteiger partial charge is 0.316 e. The summed E-state index contributed by atoms with van der Waals surface area (Å²) in [6.45, 7) is 2.72. The van der Waals surface area contributed by atoms with E-state index in [0.717, 1.165) is 17.7 Å². The Morgan fingerprint density at radius 3 is 2.93 bits per heavy atom. The molecule has 2 N–H and O–H groups in total. The zero-order chi connectivity index (χ0) is 11.0. The van der Waals surface area contributed by atoms with E-state index in [2.05, 4.69) is 0 Å². The summed E-state index contributed by atoms with van der Waals surface area (Å²) < 4.78 is 0. The maximum Gasteiger partial charge on any atom is 0.248 e. The third-order valence-electron chi connectivity index (χ3n) is 2.60. The summed E-state index contributed by atoms with van der Waals surface area (Å²) >= 11 is 5.91. The maximum absolute atomic E-state index is 11.8. The van der Waals surface area contributed by atoms with Gasteiger partial charge in [-0.25, -0.2) is 0 Å². The molecule has 0 radical (unpaired) electrons. The van der Waals surface area contributed by atoms with Crippen LogP contribution in [0.4, 0.5) is 5.69 Å². The monoisotopic (exact) mass is 224 g/mol. The molecule has 80 valence electrons. The predicted molar refractivity (Wildman–Crippen MR) is 61.0 cm³/mol. The Kier molecular flexibility index (Phi) is 2.67. The Morgan fingerprint density at radius 1 is 1.53 bits per heavy atom. The second-order valence-electron chi connectivity index (χ2n) is 3.67. The molecule has 1 heterocycles. The van der Waals surface area contributed by atoms with Gasteiger partial charge in [0.25, 0.3) is 0 Å². The van der Waals surface area contributed by atoms with E-state index in [1.165, 1.54) is 0 Å². The van der Waals surface area contributed by atoms with Crippen molar-refractivity contribution in [2.45, 2.75) is 19.4 Å². The smallest absolute Gasteiger partial charge is 0.248 e. The highest BCUT2D eigenvalue weighted by Gasteiger charge is 2.33. The van der Waals surface area contributed by atoms with Crippen molar-refractivity contribution in [1.29, 1.82) is 0 Å². The number of nitrogens with zero attached hydrogens (tertiary/aromatic N) is 1. The van der Waals surface area contributed by atoms with Crippen molar-refractivity contribution in [1.82, 2.24) is 0 Å². The van der Waals surface area contributed by atoms with E-state index in [1.807, 2.05) is 13.0 Å². The van der Waals surface area contributed by atoms with Gasteiger partial charge in [0.15, 0.2) is 0 Å². The highest BCUT2D eigenvalue weighted by molar-refractivity contribution is 6.31. The molecule has 0 aromatic heterocycles. The van der Waals surface area contributed by atoms with Crippen molar-refractivity contribution < 1.29 is 4.79 Å². The lowest BCUT2D eigenvalue weighted by atomic mass is 10.1. The van der Waals surface area contributed by atoms with E-state index in [4.69, 9.17) is 17.3 Å². The number of amides is 1. The minimum atomic E-state index is -0.524. The third kappa shape index (κ3) is 1.62. The van der Waals surface area contributed by atoms with Crippen molar-refractivity contribution in [3.05, 3.63) is 28.8 Å². The predicted octanol–water partition coefficient (Wildman–Crippen LogP) is 2.10. The van der Waals surface area contributed by atoms with Crippen molar-refractivity contribution in [2.75, 3.05) is 11.4 Å². The lowest BCUT2D eigenvalue weighted by Gasteiger charge is -2.16. The van der Waals surface area contributed by atoms with Crippen LogP contribution in [0.2, 0.25) is 5.02 Å². The zero-order valence-corrected chi connectivity index (χ0v) is 9.29. The van der Waals surface area contributed by atoms with Crippen LogP contribution in [-0.2, 0) is 4.79 Å². The first-order valence-corrected chi connectivity index (χ1v) is 5.39. The molecule has 1 amide bonds. The Labute approximate surface area is 93.8 Å². The van der Waals surface area contributed by atoms with Crippen LogP contribution in [0.15, 0.2) is 18.2 Å². The fourth-order valence-electron chi connectivity index (χ4n) is 1.89. The highest BCUT2D eigenvalue weighted by Crippen LogP contribution is 2.36. The van der Waals surface area contributed by atoms with Gasteiger partial charge in [0.05, 0.1) is 5.69 Å². The van der Waals surface area contributed by atoms with Gasteiger partial charge in [0.2, 0.25) is 5.91 Å². The summed E-state index contributed by atoms with van der Waals surface area (Å²) in [7, 11) is 0. The van der Waals surface area contributed by atoms with E-state index in [1.54, 1.807) is 17.0 Å². The SMILES string of the molecule is CCCN1C(=O)C(N)c2ccc(Cl)cc21. The summed E-state index contributed by atoms with van der Waals surface area (Å²) in [5.74, 6) is -0.0332. The van der Waals surface area contributed by atoms with Crippen molar-refractivity contribution in [2.24, 2.45) is 5.73 Å². The number of hydrogen-bond acceptors (Lipinski definition) is 2. The molecule has 1 aliphatic rings. The third-order valence-corrected chi connectivity index (χ3v) is 2.83. The van der Waals surface area contributed by atoms with Crippen LogP contribution >= 0.6 is 11.6 Å². The van der Waals surface area contributed by atoms with Crippen molar-refractivity contribution >= 4 is 23.2 Å². The summed E-state index contributed by atoms with van der Waals surface area (Å²) in [5.41, 5.74) is 7.56. The van der Waals surface area contributed by atoms with Crippen LogP contribution in [0.25, 0.3) is 0 Å². The minimum absolute atomic E-state index is 0.0332. The molecule has 1 aliphatic heterocycles. The Bertz CT molecular complexity index is 406. The van der Waals surface area contributed by atoms with E-state index in [0.29, 0.717) is 11.6 Å². The quantitative estimate of drug-likeness (QED) is 0.836. The maximum atomic E-state index is 11.8. The molecule has 0 saturated carbocycles. The van der Waals surface area contributed by atoms with Gasteiger partial charge < -0.3 is 10.6 Å². The summed E-state index contributed by atoms with van der Waals surface area (Å²) in [6.07, 6.45) is 0.907. The normalized spacial score (nSPS) is 19.5. The first-order chi connectivity index (χ1) is 7.15. The molecule has 1 aromatic rings. The number of fused-ring (bicyclic) bond motifs is 1. The number of halogens is 1. The summed E-state index contributed by atoms with van der Waals surface area (Å²) in [5, 5.41) is 0.636. The molecule has 0 bridgehead atoms. The number of nitrogens with two attached hydrogens (primary N) is 1. The molecule has 1 aromatic carbocycles. The fraction of sp³-hybridized carbons (Fsp3) is 0.364. The zero-order valence-electron chi connectivity index (χ0n) is 8.53. The van der Waals surface area contributed by atoms with Gasteiger partial charge in [-0.1, -0.05) is 24.6 Å². The molecule has 0 saturated heterocycles. The number of carbonyl (C=O) groups excluding carboxylic acids is 1. The highest BCUT2D eigenvalue weighted by atomic mass is 35.5. The van der Waals surface area contributed by atoms with Gasteiger partial charge in [-0.15, -0.1) is 0 Å². The number of rotatable bonds is 2. The van der Waals surface area contributed by atoms with Crippen molar-refractivity contribution in [3.8, 4) is 0 Å². The van der Waals surface area contributed by atoms with Crippen LogP contribution in [-0.4, -0.2) is 12.5 Å². The molecule has 0 aliphatic carbocycles. The fourth-order valence-corrected chi connectivity index (χ4v) is 2.05. The van der Waals surface area contributed by atoms with Gasteiger partial charge in [-0.05, 0) is 18.6 Å². The lowest BCUT2D eigenvalue weighted by molar-refractivity contribution is -0.119. The van der Waals surface area contributed by atoms with E-state index < -0.39 is 6.04 Å². The Morgan fingerprint density at radius 2 is 2.27 bits per heavy atom. The molecule has 1 atom stereocenters. The number of anilines is 1. The molecular weight excluding hydrogens is 212 g/mol. The summed E-state index contributed by atoms with van der Waals surface area (Å²) in [6, 6.07) is 4.87. The van der Waals surface area contributed by atoms with Crippen LogP contribution in [0.3, 0.4) is 0 Å². The standard InChI is InChI=1S/C11H13ClN2O/c1-2-5-14-9-6-7(12)3-4-8(9)10(13)11(14)15/h3-4,6,10H,2,5,13H2,1H3. The van der Waals surface area contributed by atoms with E-state index in [9.17, 15) is 4.79 Å². The average molecular weight is 225 g/mol. The molecule has 3 nitrogen and oxygen atoms in total. The Hall–Kier alpha value is -1.06. The molecule has 0 spiro atoms. The topological polar surface area (TPSA) is 46.3 Å². The van der Waals surface area contributed by atoms with Gasteiger partial charge in [0, 0.05) is 17.1 Å². The van der Waals surface area contributed by atoms with Gasteiger partial charge >= 0.3 is 0 Å². The molecule has 4 heteroatoms. The Balaban J connectivity index is 2.47. The number of hydrogen-bond donors (Lipinski definition) is 1. The number of benzene rings is 1. The second kappa shape index (κ2) is 3.83. The minimum Gasteiger partial charge on any atom is -0.316 e. The molecule has 0 fully saturated rings. The molecule has 15 heavy (non-hydrogen) atoms. The van der Waals surface area contributed by atoms with E-state index in [-0.39, 0.29) is 5.91 Å². The second-order valence-corrected chi connectivity index (χ2v) is 4.11. The van der Waals surface area contributed by atoms with Gasteiger partial charge in [-0.2, -0.15) is 0 Å². The van der Waals surface area contributed by atoms with Crippen LogP contribution in [0.5, 0.6) is 0 Å². The lowest BCUT2D eigenvalue weighted by Crippen LogP contribution is -2.32. The first kappa shape index (κ1) is 10.5. The van der Waals surface area contributed by atoms with Crippen molar-refractivity contribution in [3.63, 3.8) is 0 Å². The summed E-state index contributed by atoms with van der Waals surface area (Å²) in [4.78, 5) is 13.5. The molecular formula is C11H13ClN2O. The van der Waals surface area contributed by atoms with Gasteiger partial charge in [-0.3, -0.25) is 4.79 Å². The average Bonchev–Trinajstić information content (AvgIpc) is 2.44.